The molecule has 1 aliphatic rings. The predicted octanol–water partition coefficient (Wildman–Crippen LogP) is 5.41. The second kappa shape index (κ2) is 11.7. The van der Waals surface area contributed by atoms with Gasteiger partial charge >= 0.3 is 5.97 Å². The molecule has 1 aliphatic heterocycles. The number of thiazole rings is 1. The minimum atomic E-state index is -0.855. The molecule has 5 aromatic rings. The number of esters is 1. The normalized spacial score (nSPS) is 14.8. The molecule has 0 aliphatic carbocycles. The number of fused-ring (bicyclic) bond motifs is 2. The number of hydrogen-bond donors (Lipinski definition) is 0. The van der Waals surface area contributed by atoms with E-state index < -0.39 is 12.0 Å². The van der Waals surface area contributed by atoms with Gasteiger partial charge < -0.3 is 14.2 Å². The molecule has 43 heavy (non-hydrogen) atoms. The molecule has 8 heteroatoms. The smallest absolute Gasteiger partial charge is 0.338 e. The molecule has 4 aromatic carbocycles. The molecular weight excluding hydrogens is 560 g/mol. The standard InChI is InChI=1S/C35H30N2O5S/c1-5-42-34(39)30-31(24-12-7-6-8-13-24)36-35-37(32(30)29-25-14-10-9-11-23(25)16-18-27(29)41-4)33(38)28(43-35)20-22-15-17-26(40-3)21(2)19-22/h6-20,32H,5H2,1-4H3/b28-20+. The second-order valence-corrected chi connectivity index (χ2v) is 11.1. The number of carbonyl (C=O) groups is 1. The van der Waals surface area contributed by atoms with Crippen molar-refractivity contribution in [2.45, 2.75) is 19.9 Å². The summed E-state index contributed by atoms with van der Waals surface area (Å²) in [6.45, 7) is 3.90. The number of aryl methyl sites for hydroxylation is 1. The van der Waals surface area contributed by atoms with Crippen molar-refractivity contribution >= 4 is 39.9 Å². The van der Waals surface area contributed by atoms with Gasteiger partial charge in [0.25, 0.3) is 5.56 Å². The lowest BCUT2D eigenvalue weighted by atomic mass is 9.89. The first-order valence-electron chi connectivity index (χ1n) is 13.9. The number of rotatable bonds is 7. The predicted molar refractivity (Wildman–Crippen MR) is 169 cm³/mol. The number of benzene rings is 4. The van der Waals surface area contributed by atoms with E-state index in [-0.39, 0.29) is 17.7 Å². The van der Waals surface area contributed by atoms with Crippen LogP contribution in [0.15, 0.2) is 100 Å². The maximum atomic E-state index is 14.4. The van der Waals surface area contributed by atoms with Crippen molar-refractivity contribution in [3.05, 3.63) is 132 Å². The molecule has 0 radical (unpaired) electrons. The van der Waals surface area contributed by atoms with Crippen LogP contribution in [0.4, 0.5) is 0 Å². The fourth-order valence-corrected chi connectivity index (χ4v) is 6.59. The van der Waals surface area contributed by atoms with Crippen molar-refractivity contribution in [2.24, 2.45) is 4.99 Å². The lowest BCUT2D eigenvalue weighted by Crippen LogP contribution is -2.40. The zero-order valence-corrected chi connectivity index (χ0v) is 25.1. The maximum Gasteiger partial charge on any atom is 0.338 e. The van der Waals surface area contributed by atoms with E-state index in [2.05, 4.69) is 0 Å². The van der Waals surface area contributed by atoms with E-state index in [9.17, 15) is 9.59 Å². The molecule has 2 heterocycles. The molecule has 0 N–H and O–H groups in total. The van der Waals surface area contributed by atoms with Crippen molar-refractivity contribution < 1.29 is 19.0 Å². The van der Waals surface area contributed by atoms with E-state index in [4.69, 9.17) is 19.2 Å². The Morgan fingerprint density at radius 3 is 2.40 bits per heavy atom. The third-order valence-corrected chi connectivity index (χ3v) is 8.50. The molecule has 0 spiro atoms. The lowest BCUT2D eigenvalue weighted by Gasteiger charge is -2.28. The minimum Gasteiger partial charge on any atom is -0.496 e. The molecule has 0 saturated carbocycles. The Labute approximate surface area is 252 Å². The first-order valence-corrected chi connectivity index (χ1v) is 14.8. The van der Waals surface area contributed by atoms with Crippen LogP contribution in [0.1, 0.15) is 35.2 Å². The SMILES string of the molecule is CCOC(=O)C1=C(c2ccccc2)N=c2s/c(=C/c3ccc(OC)c(C)c3)c(=O)n2C1c1c(OC)ccc2ccccc12. The van der Waals surface area contributed by atoms with Gasteiger partial charge in [-0.25, -0.2) is 9.79 Å². The highest BCUT2D eigenvalue weighted by molar-refractivity contribution is 7.07. The van der Waals surface area contributed by atoms with Gasteiger partial charge in [-0.1, -0.05) is 78.1 Å². The quantitative estimate of drug-likeness (QED) is 0.237. The number of hydrogen-bond acceptors (Lipinski definition) is 7. The average Bonchev–Trinajstić information content (AvgIpc) is 3.34. The molecular formula is C35H30N2O5S. The molecule has 216 valence electrons. The Morgan fingerprint density at radius 1 is 0.953 bits per heavy atom. The van der Waals surface area contributed by atoms with Crippen molar-refractivity contribution in [1.29, 1.82) is 0 Å². The van der Waals surface area contributed by atoms with Crippen molar-refractivity contribution in [3.63, 3.8) is 0 Å². The number of methoxy groups -OCH3 is 2. The van der Waals surface area contributed by atoms with Gasteiger partial charge in [0.15, 0.2) is 4.80 Å². The van der Waals surface area contributed by atoms with Crippen molar-refractivity contribution in [1.82, 2.24) is 4.57 Å². The summed E-state index contributed by atoms with van der Waals surface area (Å²) in [5.41, 5.74) is 3.74. The maximum absolute atomic E-state index is 14.4. The van der Waals surface area contributed by atoms with Crippen LogP contribution in [0.2, 0.25) is 0 Å². The molecule has 1 unspecified atom stereocenters. The molecule has 0 fully saturated rings. The molecule has 7 nitrogen and oxygen atoms in total. The van der Waals surface area contributed by atoms with E-state index >= 15 is 0 Å². The highest BCUT2D eigenvalue weighted by Crippen LogP contribution is 2.42. The number of aromatic nitrogens is 1. The highest BCUT2D eigenvalue weighted by Gasteiger charge is 2.37. The molecule has 1 atom stereocenters. The molecule has 0 saturated heterocycles. The second-order valence-electron chi connectivity index (χ2n) is 10.1. The van der Waals surface area contributed by atoms with Crippen LogP contribution in [-0.4, -0.2) is 31.4 Å². The minimum absolute atomic E-state index is 0.172. The summed E-state index contributed by atoms with van der Waals surface area (Å²) in [6.07, 6.45) is 1.85. The van der Waals surface area contributed by atoms with E-state index in [1.807, 2.05) is 97.9 Å². The summed E-state index contributed by atoms with van der Waals surface area (Å²) in [7, 11) is 3.22. The van der Waals surface area contributed by atoms with Gasteiger partial charge in [-0.05, 0) is 60.0 Å². The molecule has 0 bridgehead atoms. The van der Waals surface area contributed by atoms with Crippen LogP contribution in [-0.2, 0) is 9.53 Å². The largest absolute Gasteiger partial charge is 0.496 e. The highest BCUT2D eigenvalue weighted by atomic mass is 32.1. The Balaban J connectivity index is 1.72. The fraction of sp³-hybridized carbons (Fsp3) is 0.171. The molecule has 0 amide bonds. The van der Waals surface area contributed by atoms with Gasteiger partial charge in [0.2, 0.25) is 0 Å². The first kappa shape index (κ1) is 28.2. The summed E-state index contributed by atoms with van der Waals surface area (Å²) in [5.74, 6) is 0.790. The van der Waals surface area contributed by atoms with Gasteiger partial charge in [-0.15, -0.1) is 0 Å². The average molecular weight is 591 g/mol. The Hall–Kier alpha value is -4.95. The van der Waals surface area contributed by atoms with Gasteiger partial charge in [0.1, 0.15) is 17.5 Å². The summed E-state index contributed by atoms with van der Waals surface area (Å²) in [4.78, 5) is 33.7. The summed E-state index contributed by atoms with van der Waals surface area (Å²) < 4.78 is 19.0. The van der Waals surface area contributed by atoms with E-state index in [0.29, 0.717) is 26.3 Å². The van der Waals surface area contributed by atoms with Gasteiger partial charge in [-0.2, -0.15) is 0 Å². The van der Waals surface area contributed by atoms with Crippen molar-refractivity contribution in [2.75, 3.05) is 20.8 Å². The zero-order chi connectivity index (χ0) is 30.1. The topological polar surface area (TPSA) is 79.1 Å². The Morgan fingerprint density at radius 2 is 1.67 bits per heavy atom. The third-order valence-electron chi connectivity index (χ3n) is 7.51. The lowest BCUT2D eigenvalue weighted by molar-refractivity contribution is -0.138. The van der Waals surface area contributed by atoms with E-state index in [0.717, 1.165) is 33.2 Å². The van der Waals surface area contributed by atoms with E-state index in [1.165, 1.54) is 11.3 Å². The summed E-state index contributed by atoms with van der Waals surface area (Å²) >= 11 is 1.29. The van der Waals surface area contributed by atoms with Gasteiger partial charge in [-0.3, -0.25) is 9.36 Å². The van der Waals surface area contributed by atoms with Crippen LogP contribution in [0.3, 0.4) is 0 Å². The Bertz CT molecular complexity index is 2080. The number of ether oxygens (including phenoxy) is 3. The van der Waals surface area contributed by atoms with E-state index in [1.54, 1.807) is 25.7 Å². The first-order chi connectivity index (χ1) is 20.9. The van der Waals surface area contributed by atoms with Crippen LogP contribution in [0.5, 0.6) is 11.5 Å². The van der Waals surface area contributed by atoms with Gasteiger partial charge in [0, 0.05) is 11.1 Å². The van der Waals surface area contributed by atoms with Crippen LogP contribution in [0.25, 0.3) is 22.5 Å². The van der Waals surface area contributed by atoms with Crippen molar-refractivity contribution in [3.8, 4) is 11.5 Å². The zero-order valence-electron chi connectivity index (χ0n) is 24.3. The van der Waals surface area contributed by atoms with Gasteiger partial charge in [0.05, 0.1) is 36.6 Å². The number of carbonyl (C=O) groups excluding carboxylic acids is 1. The summed E-state index contributed by atoms with van der Waals surface area (Å²) in [5, 5.41) is 1.82. The van der Waals surface area contributed by atoms with Crippen LogP contribution >= 0.6 is 11.3 Å². The molecule has 6 rings (SSSR count). The Kier molecular flexibility index (Phi) is 7.69. The fourth-order valence-electron chi connectivity index (χ4n) is 5.59. The summed E-state index contributed by atoms with van der Waals surface area (Å²) in [6, 6.07) is 26.2. The monoisotopic (exact) mass is 590 g/mol. The molecule has 1 aromatic heterocycles. The van der Waals surface area contributed by atoms with Crippen LogP contribution in [0, 0.1) is 6.92 Å². The van der Waals surface area contributed by atoms with Crippen LogP contribution < -0.4 is 24.4 Å². The number of nitrogens with zero attached hydrogens (tertiary/aromatic N) is 2. The third kappa shape index (κ3) is 5.04.